The minimum Gasteiger partial charge on any atom is -0.479 e. The lowest BCUT2D eigenvalue weighted by Gasteiger charge is -2.16. The Balaban J connectivity index is 3.12. The molecule has 1 rings (SSSR count). The van der Waals surface area contributed by atoms with E-state index in [1.807, 2.05) is 0 Å². The molecule has 1 aromatic rings. The van der Waals surface area contributed by atoms with Gasteiger partial charge in [0, 0.05) is 0 Å². The number of para-hydroxylation sites is 1. The highest BCUT2D eigenvalue weighted by molar-refractivity contribution is 5.91. The predicted molar refractivity (Wildman–Crippen MR) is 60.5 cm³/mol. The van der Waals surface area contributed by atoms with Gasteiger partial charge in [0.15, 0.2) is 6.10 Å². The monoisotopic (exact) mass is 238 g/mol. The van der Waals surface area contributed by atoms with Crippen LogP contribution in [0.3, 0.4) is 0 Å². The molecule has 0 aliphatic rings. The number of aromatic carboxylic acids is 1. The van der Waals surface area contributed by atoms with Gasteiger partial charge >= 0.3 is 11.9 Å². The van der Waals surface area contributed by atoms with Crippen LogP contribution in [0.5, 0.6) is 5.75 Å². The van der Waals surface area contributed by atoms with Crippen molar-refractivity contribution < 1.29 is 24.5 Å². The topological polar surface area (TPSA) is 83.8 Å². The van der Waals surface area contributed by atoms with Crippen LogP contribution in [0, 0.1) is 6.92 Å². The van der Waals surface area contributed by atoms with Crippen molar-refractivity contribution in [1.82, 2.24) is 0 Å². The summed E-state index contributed by atoms with van der Waals surface area (Å²) in [5, 5.41) is 17.9. The molecule has 17 heavy (non-hydrogen) atoms. The lowest BCUT2D eigenvalue weighted by molar-refractivity contribution is -0.145. The standard InChI is InChI=1S/C12H14O5/c1-3-9(12(15)16)17-10-7(2)5-4-6-8(10)11(13)14/h4-6,9H,3H2,1-2H3,(H,13,14)(H,15,16). The summed E-state index contributed by atoms with van der Waals surface area (Å²) >= 11 is 0. The summed E-state index contributed by atoms with van der Waals surface area (Å²) in [6.07, 6.45) is -0.767. The number of aryl methyl sites for hydroxylation is 1. The number of carboxylic acid groups (broad SMARTS) is 2. The highest BCUT2D eigenvalue weighted by Gasteiger charge is 2.21. The average molecular weight is 238 g/mol. The van der Waals surface area contributed by atoms with E-state index in [2.05, 4.69) is 0 Å². The van der Waals surface area contributed by atoms with Gasteiger partial charge in [-0.3, -0.25) is 0 Å². The van der Waals surface area contributed by atoms with Gasteiger partial charge < -0.3 is 14.9 Å². The van der Waals surface area contributed by atoms with Crippen LogP contribution in [0.1, 0.15) is 29.3 Å². The maximum absolute atomic E-state index is 11.0. The molecule has 5 nitrogen and oxygen atoms in total. The minimum atomic E-state index is -1.14. The van der Waals surface area contributed by atoms with Gasteiger partial charge in [-0.05, 0) is 25.0 Å². The number of benzene rings is 1. The van der Waals surface area contributed by atoms with E-state index in [0.717, 1.165) is 0 Å². The summed E-state index contributed by atoms with van der Waals surface area (Å²) in [6, 6.07) is 4.66. The molecule has 0 aliphatic carbocycles. The molecule has 0 aliphatic heterocycles. The van der Waals surface area contributed by atoms with Crippen LogP contribution in [0.15, 0.2) is 18.2 Å². The van der Waals surface area contributed by atoms with Crippen LogP contribution in [0.2, 0.25) is 0 Å². The van der Waals surface area contributed by atoms with E-state index in [0.29, 0.717) is 5.56 Å². The number of hydrogen-bond acceptors (Lipinski definition) is 3. The molecule has 0 heterocycles. The van der Waals surface area contributed by atoms with Gasteiger partial charge in [0.1, 0.15) is 11.3 Å². The number of ether oxygens (including phenoxy) is 1. The van der Waals surface area contributed by atoms with Gasteiger partial charge in [0.05, 0.1) is 0 Å². The smallest absolute Gasteiger partial charge is 0.344 e. The number of hydrogen-bond donors (Lipinski definition) is 2. The Morgan fingerprint density at radius 3 is 2.47 bits per heavy atom. The minimum absolute atomic E-state index is 0.0234. The summed E-state index contributed by atoms with van der Waals surface area (Å²) in [5.41, 5.74) is 0.578. The molecule has 0 bridgehead atoms. The maximum Gasteiger partial charge on any atom is 0.344 e. The first-order valence-electron chi connectivity index (χ1n) is 5.19. The summed E-state index contributed by atoms with van der Waals surface area (Å²) in [4.78, 5) is 21.8. The first-order valence-corrected chi connectivity index (χ1v) is 5.19. The zero-order valence-electron chi connectivity index (χ0n) is 9.64. The largest absolute Gasteiger partial charge is 0.479 e. The first-order chi connectivity index (χ1) is 7.97. The summed E-state index contributed by atoms with van der Waals surface area (Å²) < 4.78 is 5.27. The number of aliphatic carboxylic acids is 1. The fourth-order valence-corrected chi connectivity index (χ4v) is 1.43. The molecule has 0 spiro atoms. The fourth-order valence-electron chi connectivity index (χ4n) is 1.43. The third-order valence-electron chi connectivity index (χ3n) is 2.35. The molecule has 1 unspecified atom stereocenters. The van der Waals surface area contributed by atoms with Gasteiger partial charge in [-0.25, -0.2) is 9.59 Å². The van der Waals surface area contributed by atoms with E-state index in [1.54, 1.807) is 26.0 Å². The molecule has 1 atom stereocenters. The molecular formula is C12H14O5. The zero-order valence-corrected chi connectivity index (χ0v) is 9.64. The average Bonchev–Trinajstić information content (AvgIpc) is 2.26. The quantitative estimate of drug-likeness (QED) is 0.818. The molecule has 0 amide bonds. The second-order valence-electron chi connectivity index (χ2n) is 3.61. The highest BCUT2D eigenvalue weighted by atomic mass is 16.5. The van der Waals surface area contributed by atoms with Crippen molar-refractivity contribution in [2.45, 2.75) is 26.4 Å². The molecule has 92 valence electrons. The van der Waals surface area contributed by atoms with Crippen molar-refractivity contribution in [3.63, 3.8) is 0 Å². The van der Waals surface area contributed by atoms with Gasteiger partial charge in [-0.15, -0.1) is 0 Å². The highest BCUT2D eigenvalue weighted by Crippen LogP contribution is 2.25. The molecule has 0 saturated heterocycles. The Morgan fingerprint density at radius 1 is 1.35 bits per heavy atom. The maximum atomic E-state index is 11.0. The van der Waals surface area contributed by atoms with Gasteiger partial charge in [0.25, 0.3) is 0 Å². The molecule has 5 heteroatoms. The van der Waals surface area contributed by atoms with Crippen molar-refractivity contribution >= 4 is 11.9 Å². The van der Waals surface area contributed by atoms with E-state index in [9.17, 15) is 9.59 Å². The summed E-state index contributed by atoms with van der Waals surface area (Å²) in [6.45, 7) is 3.34. The van der Waals surface area contributed by atoms with E-state index < -0.39 is 18.0 Å². The lowest BCUT2D eigenvalue weighted by atomic mass is 10.1. The van der Waals surface area contributed by atoms with Gasteiger partial charge in [-0.1, -0.05) is 19.1 Å². The van der Waals surface area contributed by atoms with Gasteiger partial charge in [-0.2, -0.15) is 0 Å². The molecule has 0 aromatic heterocycles. The fraction of sp³-hybridized carbons (Fsp3) is 0.333. The van der Waals surface area contributed by atoms with Crippen molar-refractivity contribution in [3.8, 4) is 5.75 Å². The van der Waals surface area contributed by atoms with Crippen LogP contribution in [-0.2, 0) is 4.79 Å². The number of rotatable bonds is 5. The third-order valence-corrected chi connectivity index (χ3v) is 2.35. The van der Waals surface area contributed by atoms with Crippen LogP contribution in [-0.4, -0.2) is 28.3 Å². The molecule has 0 fully saturated rings. The predicted octanol–water partition coefficient (Wildman–Crippen LogP) is 1.94. The Labute approximate surface area is 98.6 Å². The van der Waals surface area contributed by atoms with E-state index in [1.165, 1.54) is 6.07 Å². The van der Waals surface area contributed by atoms with Crippen molar-refractivity contribution in [2.75, 3.05) is 0 Å². The van der Waals surface area contributed by atoms with Crippen molar-refractivity contribution in [2.24, 2.45) is 0 Å². The van der Waals surface area contributed by atoms with Crippen LogP contribution < -0.4 is 4.74 Å². The first kappa shape index (κ1) is 13.0. The lowest BCUT2D eigenvalue weighted by Crippen LogP contribution is -2.27. The molecular weight excluding hydrogens is 224 g/mol. The van der Waals surface area contributed by atoms with Crippen molar-refractivity contribution in [3.05, 3.63) is 29.3 Å². The normalized spacial score (nSPS) is 11.9. The van der Waals surface area contributed by atoms with E-state index >= 15 is 0 Å². The Morgan fingerprint density at radius 2 is 2.00 bits per heavy atom. The zero-order chi connectivity index (χ0) is 13.0. The molecule has 1 aromatic carbocycles. The Bertz CT molecular complexity index is 439. The molecule has 2 N–H and O–H groups in total. The van der Waals surface area contributed by atoms with Crippen LogP contribution >= 0.6 is 0 Å². The third kappa shape index (κ3) is 2.96. The van der Waals surface area contributed by atoms with Crippen LogP contribution in [0.25, 0.3) is 0 Å². The second-order valence-corrected chi connectivity index (χ2v) is 3.61. The second kappa shape index (κ2) is 5.34. The SMILES string of the molecule is CCC(Oc1c(C)cccc1C(=O)O)C(=O)O. The van der Waals surface area contributed by atoms with E-state index in [4.69, 9.17) is 14.9 Å². The van der Waals surface area contributed by atoms with Crippen molar-refractivity contribution in [1.29, 1.82) is 0 Å². The molecule has 0 radical (unpaired) electrons. The molecule has 0 saturated carbocycles. The van der Waals surface area contributed by atoms with Crippen LogP contribution in [0.4, 0.5) is 0 Å². The summed E-state index contributed by atoms with van der Waals surface area (Å²) in [7, 11) is 0. The Hall–Kier alpha value is -2.04. The summed E-state index contributed by atoms with van der Waals surface area (Å²) in [5.74, 6) is -2.12. The number of carboxylic acids is 2. The van der Waals surface area contributed by atoms with E-state index in [-0.39, 0.29) is 17.7 Å². The number of carbonyl (C=O) groups is 2. The Kier molecular flexibility index (Phi) is 4.09. The van der Waals surface area contributed by atoms with Gasteiger partial charge in [0.2, 0.25) is 0 Å².